The van der Waals surface area contributed by atoms with Crippen LogP contribution in [0.3, 0.4) is 0 Å². The van der Waals surface area contributed by atoms with Gasteiger partial charge in [-0.15, -0.1) is 11.3 Å². The summed E-state index contributed by atoms with van der Waals surface area (Å²) in [6.45, 7) is 6.45. The minimum atomic E-state index is 0.0997. The molecule has 100 valence electrons. The van der Waals surface area contributed by atoms with E-state index in [1.807, 2.05) is 11.3 Å². The van der Waals surface area contributed by atoms with Crippen LogP contribution in [-0.4, -0.2) is 55.2 Å². The second-order valence-corrected chi connectivity index (χ2v) is 6.70. The fourth-order valence-corrected chi connectivity index (χ4v) is 4.00. The average Bonchev–Trinajstić information content (AvgIpc) is 2.81. The van der Waals surface area contributed by atoms with Gasteiger partial charge in [0.25, 0.3) is 0 Å². The Morgan fingerprint density at radius 2 is 2.33 bits per heavy atom. The van der Waals surface area contributed by atoms with Crippen LogP contribution in [0.1, 0.15) is 17.7 Å². The number of thiophene rings is 1. The molecule has 0 aromatic carbocycles. The minimum absolute atomic E-state index is 0.0997. The van der Waals surface area contributed by atoms with Crippen molar-refractivity contribution >= 4 is 11.3 Å². The highest BCUT2D eigenvalue weighted by atomic mass is 32.1. The van der Waals surface area contributed by atoms with Gasteiger partial charge in [-0.3, -0.25) is 4.90 Å². The van der Waals surface area contributed by atoms with Crippen molar-refractivity contribution in [2.24, 2.45) is 0 Å². The average molecular weight is 266 g/mol. The van der Waals surface area contributed by atoms with Gasteiger partial charge in [0, 0.05) is 31.1 Å². The van der Waals surface area contributed by atoms with Crippen LogP contribution in [0.5, 0.6) is 0 Å². The molecule has 2 fully saturated rings. The lowest BCUT2D eigenvalue weighted by Crippen LogP contribution is -2.58. The molecule has 2 saturated heterocycles. The molecule has 1 atom stereocenters. The van der Waals surface area contributed by atoms with E-state index in [0.717, 1.165) is 32.8 Å². The molecule has 0 unspecified atom stereocenters. The van der Waals surface area contributed by atoms with Crippen molar-refractivity contribution in [2.75, 3.05) is 39.8 Å². The number of hydrogen-bond donors (Lipinski definition) is 0. The third-order valence-electron chi connectivity index (χ3n) is 4.02. The highest BCUT2D eigenvalue weighted by molar-refractivity contribution is 7.09. The lowest BCUT2D eigenvalue weighted by atomic mass is 9.91. The third-order valence-corrected chi connectivity index (χ3v) is 4.88. The van der Waals surface area contributed by atoms with Crippen molar-refractivity contribution in [2.45, 2.75) is 25.0 Å². The summed E-state index contributed by atoms with van der Waals surface area (Å²) >= 11 is 1.86. The normalized spacial score (nSPS) is 30.9. The van der Waals surface area contributed by atoms with Gasteiger partial charge in [0.1, 0.15) is 0 Å². The van der Waals surface area contributed by atoms with Crippen LogP contribution in [0.4, 0.5) is 0 Å². The van der Waals surface area contributed by atoms with Crippen LogP contribution in [0.2, 0.25) is 0 Å². The van der Waals surface area contributed by atoms with Gasteiger partial charge in [-0.2, -0.15) is 0 Å². The smallest absolute Gasteiger partial charge is 0.0935 e. The van der Waals surface area contributed by atoms with E-state index in [0.29, 0.717) is 0 Å². The number of ether oxygens (including phenoxy) is 1. The van der Waals surface area contributed by atoms with Crippen molar-refractivity contribution < 1.29 is 4.74 Å². The van der Waals surface area contributed by atoms with Gasteiger partial charge in [0.15, 0.2) is 0 Å². The summed E-state index contributed by atoms with van der Waals surface area (Å²) in [4.78, 5) is 6.45. The maximum Gasteiger partial charge on any atom is 0.0935 e. The molecule has 3 heterocycles. The van der Waals surface area contributed by atoms with Gasteiger partial charge in [0.2, 0.25) is 0 Å². The molecule has 0 amide bonds. The SMILES string of the molecule is CN1CCC[C@@]2(C1)CN(Cc1cccs1)CCO2. The second-order valence-electron chi connectivity index (χ2n) is 5.66. The van der Waals surface area contributed by atoms with Crippen LogP contribution in [0.15, 0.2) is 17.5 Å². The minimum Gasteiger partial charge on any atom is -0.371 e. The predicted molar refractivity (Wildman–Crippen MR) is 75.0 cm³/mol. The lowest BCUT2D eigenvalue weighted by Gasteiger charge is -2.47. The second kappa shape index (κ2) is 5.29. The summed E-state index contributed by atoms with van der Waals surface area (Å²) in [5, 5.41) is 2.17. The fraction of sp³-hybridized carbons (Fsp3) is 0.714. The molecule has 0 N–H and O–H groups in total. The zero-order valence-electron chi connectivity index (χ0n) is 11.1. The molecule has 2 aliphatic heterocycles. The van der Waals surface area contributed by atoms with Gasteiger partial charge < -0.3 is 9.64 Å². The van der Waals surface area contributed by atoms with Crippen LogP contribution in [0.25, 0.3) is 0 Å². The van der Waals surface area contributed by atoms with Crippen molar-refractivity contribution in [3.05, 3.63) is 22.4 Å². The Bertz CT molecular complexity index is 377. The number of rotatable bonds is 2. The van der Waals surface area contributed by atoms with Crippen molar-refractivity contribution in [3.63, 3.8) is 0 Å². The fourth-order valence-electron chi connectivity index (χ4n) is 3.25. The topological polar surface area (TPSA) is 15.7 Å². The summed E-state index contributed by atoms with van der Waals surface area (Å²) in [5.74, 6) is 0. The largest absolute Gasteiger partial charge is 0.371 e. The molecule has 0 saturated carbocycles. The van der Waals surface area contributed by atoms with Gasteiger partial charge in [-0.1, -0.05) is 6.07 Å². The van der Waals surface area contributed by atoms with Crippen molar-refractivity contribution in [3.8, 4) is 0 Å². The molecular formula is C14H22N2OS. The van der Waals surface area contributed by atoms with Crippen LogP contribution in [-0.2, 0) is 11.3 Å². The molecule has 3 rings (SSSR count). The molecule has 4 heteroatoms. The highest BCUT2D eigenvalue weighted by Gasteiger charge is 2.39. The Balaban J connectivity index is 1.64. The summed E-state index contributed by atoms with van der Waals surface area (Å²) in [7, 11) is 2.21. The van der Waals surface area contributed by atoms with Gasteiger partial charge in [-0.25, -0.2) is 0 Å². The van der Waals surface area contributed by atoms with E-state index in [4.69, 9.17) is 4.74 Å². The number of nitrogens with zero attached hydrogens (tertiary/aromatic N) is 2. The van der Waals surface area contributed by atoms with Crippen LogP contribution >= 0.6 is 11.3 Å². The highest BCUT2D eigenvalue weighted by Crippen LogP contribution is 2.29. The van der Waals surface area contributed by atoms with Gasteiger partial charge >= 0.3 is 0 Å². The first-order valence-electron chi connectivity index (χ1n) is 6.83. The number of morpholine rings is 1. The Morgan fingerprint density at radius 3 is 3.11 bits per heavy atom. The maximum absolute atomic E-state index is 6.15. The maximum atomic E-state index is 6.15. The molecular weight excluding hydrogens is 244 g/mol. The first-order valence-corrected chi connectivity index (χ1v) is 7.71. The predicted octanol–water partition coefficient (Wildman–Crippen LogP) is 2.04. The van der Waals surface area contributed by atoms with Crippen LogP contribution < -0.4 is 0 Å². The number of piperidine rings is 1. The molecule has 1 spiro atoms. The summed E-state index contributed by atoms with van der Waals surface area (Å²) in [6, 6.07) is 4.38. The summed E-state index contributed by atoms with van der Waals surface area (Å²) < 4.78 is 6.15. The quantitative estimate of drug-likeness (QED) is 0.815. The molecule has 18 heavy (non-hydrogen) atoms. The Labute approximate surface area is 113 Å². The van der Waals surface area contributed by atoms with E-state index >= 15 is 0 Å². The van der Waals surface area contributed by atoms with Crippen molar-refractivity contribution in [1.82, 2.24) is 9.80 Å². The zero-order valence-corrected chi connectivity index (χ0v) is 11.9. The van der Waals surface area contributed by atoms with E-state index in [-0.39, 0.29) is 5.60 Å². The Hall–Kier alpha value is -0.420. The van der Waals surface area contributed by atoms with E-state index < -0.39 is 0 Å². The number of likely N-dealkylation sites (N-methyl/N-ethyl adjacent to an activating group) is 1. The first kappa shape index (κ1) is 12.6. The van der Waals surface area contributed by atoms with E-state index in [9.17, 15) is 0 Å². The van der Waals surface area contributed by atoms with Crippen LogP contribution in [0, 0.1) is 0 Å². The standard InChI is InChI=1S/C14H22N2OS/c1-15-6-3-5-14(11-15)12-16(7-8-17-14)10-13-4-2-9-18-13/h2,4,9H,3,5-8,10-12H2,1H3/t14-/m1/s1. The lowest BCUT2D eigenvalue weighted by molar-refractivity contribution is -0.138. The number of hydrogen-bond acceptors (Lipinski definition) is 4. The monoisotopic (exact) mass is 266 g/mol. The summed E-state index contributed by atoms with van der Waals surface area (Å²) in [5.41, 5.74) is 0.0997. The molecule has 0 radical (unpaired) electrons. The van der Waals surface area contributed by atoms with E-state index in [1.54, 1.807) is 0 Å². The molecule has 1 aromatic rings. The molecule has 3 nitrogen and oxygen atoms in total. The zero-order chi connectivity index (χ0) is 12.4. The van der Waals surface area contributed by atoms with E-state index in [2.05, 4.69) is 34.4 Å². The van der Waals surface area contributed by atoms with Gasteiger partial charge in [0.05, 0.1) is 12.2 Å². The van der Waals surface area contributed by atoms with E-state index in [1.165, 1.54) is 24.3 Å². The Morgan fingerprint density at radius 1 is 1.39 bits per heavy atom. The molecule has 2 aliphatic rings. The molecule has 0 bridgehead atoms. The van der Waals surface area contributed by atoms with Crippen molar-refractivity contribution in [1.29, 1.82) is 0 Å². The van der Waals surface area contributed by atoms with Gasteiger partial charge in [-0.05, 0) is 37.9 Å². The third kappa shape index (κ3) is 2.77. The summed E-state index contributed by atoms with van der Waals surface area (Å²) in [6.07, 6.45) is 2.49. The first-order chi connectivity index (χ1) is 8.76. The molecule has 0 aliphatic carbocycles. The Kier molecular flexibility index (Phi) is 3.71. The molecule has 1 aromatic heterocycles. The number of likely N-dealkylation sites (tertiary alicyclic amines) is 1.